The van der Waals surface area contributed by atoms with E-state index >= 15 is 0 Å². The number of rotatable bonds is 3. The average Bonchev–Trinajstić information content (AvgIpc) is 2.17. The molecule has 1 unspecified atom stereocenters. The van der Waals surface area contributed by atoms with Gasteiger partial charge in [-0.25, -0.2) is 0 Å². The van der Waals surface area contributed by atoms with Gasteiger partial charge in [-0.05, 0) is 11.6 Å². The van der Waals surface area contributed by atoms with Gasteiger partial charge in [-0.15, -0.1) is 5.73 Å². The number of aliphatic hydroxyl groups excluding tert-OH is 1. The lowest BCUT2D eigenvalue weighted by atomic mass is 10.2. The normalized spacial score (nSPS) is 12.4. The maximum atomic E-state index is 9.27. The molecule has 13 heavy (non-hydrogen) atoms. The first kappa shape index (κ1) is 9.53. The average molecular weight is 172 g/mol. The maximum Gasteiger partial charge on any atom is 0.0979 e. The molecule has 1 rings (SSSR count). The topological polar surface area (TPSA) is 20.2 Å². The van der Waals surface area contributed by atoms with Crippen molar-refractivity contribution in [2.24, 2.45) is 0 Å². The predicted octanol–water partition coefficient (Wildman–Crippen LogP) is 2.40. The molecule has 0 fully saturated rings. The molecule has 0 heterocycles. The molecule has 1 aromatic carbocycles. The van der Waals surface area contributed by atoms with Gasteiger partial charge in [0.1, 0.15) is 0 Å². The van der Waals surface area contributed by atoms with Crippen LogP contribution in [0.1, 0.15) is 5.56 Å². The van der Waals surface area contributed by atoms with Crippen LogP contribution in [0.3, 0.4) is 0 Å². The van der Waals surface area contributed by atoms with Crippen molar-refractivity contribution < 1.29 is 5.11 Å². The Morgan fingerprint density at radius 1 is 1.31 bits per heavy atom. The first-order valence-electron chi connectivity index (χ1n) is 4.10. The minimum atomic E-state index is -0.599. The summed E-state index contributed by atoms with van der Waals surface area (Å²) in [5.41, 5.74) is 3.60. The molecule has 1 nitrogen and oxygen atoms in total. The second kappa shape index (κ2) is 5.15. The molecular formula is C12H12O. The van der Waals surface area contributed by atoms with Crippen LogP contribution in [-0.2, 0) is 0 Å². The molecule has 0 aliphatic heterocycles. The molecule has 0 aromatic heterocycles. The zero-order chi connectivity index (χ0) is 9.52. The van der Waals surface area contributed by atoms with E-state index in [1.807, 2.05) is 36.4 Å². The van der Waals surface area contributed by atoms with Gasteiger partial charge in [-0.3, -0.25) is 0 Å². The van der Waals surface area contributed by atoms with Gasteiger partial charge in [0.2, 0.25) is 0 Å². The summed E-state index contributed by atoms with van der Waals surface area (Å²) in [4.78, 5) is 0. The fourth-order valence-electron chi connectivity index (χ4n) is 0.950. The quantitative estimate of drug-likeness (QED) is 0.694. The van der Waals surface area contributed by atoms with Gasteiger partial charge in [-0.2, -0.15) is 0 Å². The van der Waals surface area contributed by atoms with Crippen LogP contribution in [0.15, 0.2) is 54.8 Å². The largest absolute Gasteiger partial charge is 0.384 e. The van der Waals surface area contributed by atoms with Gasteiger partial charge in [0, 0.05) is 0 Å². The van der Waals surface area contributed by atoms with E-state index in [1.165, 1.54) is 6.08 Å². The lowest BCUT2D eigenvalue weighted by Gasteiger charge is -1.95. The molecule has 66 valence electrons. The Balaban J connectivity index is 2.63. The second-order valence-corrected chi connectivity index (χ2v) is 2.63. The maximum absolute atomic E-state index is 9.27. The highest BCUT2D eigenvalue weighted by atomic mass is 16.3. The van der Waals surface area contributed by atoms with Crippen LogP contribution in [0.25, 0.3) is 6.08 Å². The summed E-state index contributed by atoms with van der Waals surface area (Å²) in [5.74, 6) is 0. The van der Waals surface area contributed by atoms with E-state index in [-0.39, 0.29) is 0 Å². The van der Waals surface area contributed by atoms with E-state index in [4.69, 9.17) is 0 Å². The molecule has 0 saturated heterocycles. The Labute approximate surface area is 78.3 Å². The number of hydrogen-bond donors (Lipinski definition) is 1. The third kappa shape index (κ3) is 3.57. The lowest BCUT2D eigenvalue weighted by Crippen LogP contribution is -1.94. The van der Waals surface area contributed by atoms with E-state index in [0.29, 0.717) is 0 Å². The van der Waals surface area contributed by atoms with Crippen molar-refractivity contribution in [3.8, 4) is 0 Å². The fraction of sp³-hybridized carbons (Fsp3) is 0.0833. The van der Waals surface area contributed by atoms with Crippen LogP contribution in [0.4, 0.5) is 0 Å². The zero-order valence-corrected chi connectivity index (χ0v) is 7.35. The summed E-state index contributed by atoms with van der Waals surface area (Å²) < 4.78 is 0. The smallest absolute Gasteiger partial charge is 0.0979 e. The Hall–Kier alpha value is -1.56. The second-order valence-electron chi connectivity index (χ2n) is 2.63. The Kier molecular flexibility index (Phi) is 3.77. The molecule has 0 aliphatic rings. The highest BCUT2D eigenvalue weighted by Crippen LogP contribution is 2.02. The molecule has 1 atom stereocenters. The van der Waals surface area contributed by atoms with E-state index < -0.39 is 6.10 Å². The third-order valence-corrected chi connectivity index (χ3v) is 1.57. The van der Waals surface area contributed by atoms with Gasteiger partial charge in [0.25, 0.3) is 0 Å². The summed E-state index contributed by atoms with van der Waals surface area (Å²) >= 11 is 0. The monoisotopic (exact) mass is 172 g/mol. The van der Waals surface area contributed by atoms with E-state index in [2.05, 4.69) is 12.3 Å². The Morgan fingerprint density at radius 3 is 2.62 bits per heavy atom. The van der Waals surface area contributed by atoms with Crippen LogP contribution < -0.4 is 0 Å². The highest BCUT2D eigenvalue weighted by Gasteiger charge is 1.89. The summed E-state index contributed by atoms with van der Waals surface area (Å²) in [7, 11) is 0. The molecule has 1 heteroatoms. The number of aliphatic hydroxyl groups is 1. The summed E-state index contributed by atoms with van der Waals surface area (Å²) in [5, 5.41) is 9.27. The van der Waals surface area contributed by atoms with Gasteiger partial charge >= 0.3 is 0 Å². The molecule has 0 aliphatic carbocycles. The van der Waals surface area contributed by atoms with E-state index in [0.717, 1.165) is 5.56 Å². The fourth-order valence-corrected chi connectivity index (χ4v) is 0.950. The van der Waals surface area contributed by atoms with Gasteiger partial charge in [0.05, 0.1) is 6.10 Å². The molecular weight excluding hydrogens is 160 g/mol. The molecule has 0 spiro atoms. The lowest BCUT2D eigenvalue weighted by molar-refractivity contribution is 0.272. The summed E-state index contributed by atoms with van der Waals surface area (Å²) in [6, 6.07) is 9.81. The van der Waals surface area contributed by atoms with Gasteiger partial charge in [0.15, 0.2) is 0 Å². The van der Waals surface area contributed by atoms with Crippen LogP contribution >= 0.6 is 0 Å². The van der Waals surface area contributed by atoms with Crippen molar-refractivity contribution in [1.29, 1.82) is 0 Å². The third-order valence-electron chi connectivity index (χ3n) is 1.57. The van der Waals surface area contributed by atoms with Crippen LogP contribution in [0.2, 0.25) is 0 Å². The van der Waals surface area contributed by atoms with Crippen molar-refractivity contribution in [2.45, 2.75) is 6.10 Å². The molecule has 0 radical (unpaired) electrons. The van der Waals surface area contributed by atoms with Crippen molar-refractivity contribution in [3.63, 3.8) is 0 Å². The molecule has 0 bridgehead atoms. The van der Waals surface area contributed by atoms with E-state index in [1.54, 1.807) is 6.08 Å². The Bertz CT molecular complexity index is 318. The van der Waals surface area contributed by atoms with E-state index in [9.17, 15) is 5.11 Å². The van der Waals surface area contributed by atoms with Crippen LogP contribution in [-0.4, -0.2) is 11.2 Å². The van der Waals surface area contributed by atoms with Gasteiger partial charge in [-0.1, -0.05) is 49.1 Å². The van der Waals surface area contributed by atoms with Crippen molar-refractivity contribution >= 4 is 6.08 Å². The molecule has 0 saturated carbocycles. The molecule has 1 N–H and O–H groups in total. The number of benzene rings is 1. The predicted molar refractivity (Wildman–Crippen MR) is 55.2 cm³/mol. The molecule has 0 amide bonds. The van der Waals surface area contributed by atoms with Crippen molar-refractivity contribution in [3.05, 3.63) is 60.4 Å². The van der Waals surface area contributed by atoms with Crippen molar-refractivity contribution in [1.82, 2.24) is 0 Å². The standard InChI is InChI=1S/C12H12O/c1-2-6-12(13)10-9-11-7-4-3-5-8-11/h3-10,12-13H,1H2. The first-order chi connectivity index (χ1) is 6.33. The molecule has 1 aromatic rings. The Morgan fingerprint density at radius 2 is 2.00 bits per heavy atom. The highest BCUT2D eigenvalue weighted by molar-refractivity contribution is 5.49. The van der Waals surface area contributed by atoms with Gasteiger partial charge < -0.3 is 5.11 Å². The SMILES string of the molecule is C=C=CC(O)C=Cc1ccccc1. The minimum Gasteiger partial charge on any atom is -0.384 e. The summed E-state index contributed by atoms with van der Waals surface area (Å²) in [6.07, 6.45) is 4.45. The van der Waals surface area contributed by atoms with Crippen molar-refractivity contribution in [2.75, 3.05) is 0 Å². The summed E-state index contributed by atoms with van der Waals surface area (Å²) in [6.45, 7) is 3.38. The van der Waals surface area contributed by atoms with Crippen LogP contribution in [0, 0.1) is 0 Å². The minimum absolute atomic E-state index is 0.599. The zero-order valence-electron chi connectivity index (χ0n) is 7.35. The number of hydrogen-bond acceptors (Lipinski definition) is 1. The van der Waals surface area contributed by atoms with Crippen LogP contribution in [0.5, 0.6) is 0 Å². The first-order valence-corrected chi connectivity index (χ1v) is 4.10.